The van der Waals surface area contributed by atoms with E-state index in [2.05, 4.69) is 13.8 Å². The van der Waals surface area contributed by atoms with Gasteiger partial charge in [-0.1, -0.05) is 0 Å². The second kappa shape index (κ2) is 8.04. The van der Waals surface area contributed by atoms with Crippen LogP contribution in [0.25, 0.3) is 0 Å². The number of hydrogen-bond donors (Lipinski definition) is 0. The highest BCUT2D eigenvalue weighted by molar-refractivity contribution is 5.93. The molecule has 0 aromatic heterocycles. The van der Waals surface area contributed by atoms with Gasteiger partial charge in [-0.25, -0.2) is 4.79 Å². The summed E-state index contributed by atoms with van der Waals surface area (Å²) in [4.78, 5) is 26.3. The number of carbonyl (C=O) groups excluding carboxylic acids is 2. The predicted molar refractivity (Wildman–Crippen MR) is 89.4 cm³/mol. The van der Waals surface area contributed by atoms with Gasteiger partial charge < -0.3 is 19.1 Å². The Labute approximate surface area is 142 Å². The summed E-state index contributed by atoms with van der Waals surface area (Å²) in [5, 5.41) is 0. The van der Waals surface area contributed by atoms with Crippen LogP contribution in [0.5, 0.6) is 11.5 Å². The van der Waals surface area contributed by atoms with E-state index in [1.54, 1.807) is 18.2 Å². The normalized spacial score (nSPS) is 20.4. The van der Waals surface area contributed by atoms with Crippen molar-refractivity contribution in [1.82, 2.24) is 4.90 Å². The van der Waals surface area contributed by atoms with Crippen LogP contribution in [0, 0.1) is 0 Å². The molecule has 1 fully saturated rings. The van der Waals surface area contributed by atoms with E-state index in [1.807, 2.05) is 4.90 Å². The summed E-state index contributed by atoms with van der Waals surface area (Å²) in [6.07, 6.45) is 3.14. The van der Waals surface area contributed by atoms with Crippen LogP contribution in [0.4, 0.5) is 0 Å². The third-order valence-electron chi connectivity index (χ3n) is 4.43. The SMILES string of the molecule is COC(=O)c1ccc(OC)cc1OCC(=O)N1[C@H](C)CCC[C@@H]1C. The second-order valence-corrected chi connectivity index (χ2v) is 6.07. The van der Waals surface area contributed by atoms with Gasteiger partial charge in [-0.3, -0.25) is 4.79 Å². The molecule has 6 nitrogen and oxygen atoms in total. The fourth-order valence-corrected chi connectivity index (χ4v) is 3.15. The van der Waals surface area contributed by atoms with Gasteiger partial charge in [0.25, 0.3) is 5.91 Å². The minimum atomic E-state index is -0.514. The molecule has 1 aromatic carbocycles. The maximum absolute atomic E-state index is 12.6. The maximum atomic E-state index is 12.6. The van der Waals surface area contributed by atoms with Gasteiger partial charge in [0.05, 0.1) is 14.2 Å². The zero-order valence-corrected chi connectivity index (χ0v) is 14.7. The molecular weight excluding hydrogens is 310 g/mol. The smallest absolute Gasteiger partial charge is 0.341 e. The molecule has 0 aliphatic carbocycles. The van der Waals surface area contributed by atoms with Gasteiger partial charge in [-0.05, 0) is 45.2 Å². The van der Waals surface area contributed by atoms with E-state index in [0.717, 1.165) is 19.3 Å². The Hall–Kier alpha value is -2.24. The number of piperidine rings is 1. The molecule has 132 valence electrons. The zero-order valence-electron chi connectivity index (χ0n) is 14.7. The molecule has 1 heterocycles. The Balaban J connectivity index is 2.12. The minimum Gasteiger partial charge on any atom is -0.497 e. The van der Waals surface area contributed by atoms with Gasteiger partial charge in [0.2, 0.25) is 0 Å². The Morgan fingerprint density at radius 2 is 1.83 bits per heavy atom. The standard InChI is InChI=1S/C18H25NO5/c1-12-6-5-7-13(2)19(12)17(20)11-24-16-10-14(22-3)8-9-15(16)18(21)23-4/h8-10,12-13H,5-7,11H2,1-4H3/t12-,13+. The first-order valence-electron chi connectivity index (χ1n) is 8.18. The highest BCUT2D eigenvalue weighted by atomic mass is 16.5. The van der Waals surface area contributed by atoms with Crippen molar-refractivity contribution in [1.29, 1.82) is 0 Å². The van der Waals surface area contributed by atoms with Crippen molar-refractivity contribution < 1.29 is 23.8 Å². The number of ether oxygens (including phenoxy) is 3. The Kier molecular flexibility index (Phi) is 6.06. The van der Waals surface area contributed by atoms with Gasteiger partial charge in [0, 0.05) is 18.2 Å². The summed E-state index contributed by atoms with van der Waals surface area (Å²) in [6, 6.07) is 5.21. The molecule has 1 amide bonds. The van der Waals surface area contributed by atoms with Crippen molar-refractivity contribution in [2.24, 2.45) is 0 Å². The first-order chi connectivity index (χ1) is 11.5. The predicted octanol–water partition coefficient (Wildman–Crippen LogP) is 2.65. The van der Waals surface area contributed by atoms with E-state index in [-0.39, 0.29) is 35.9 Å². The molecule has 2 atom stereocenters. The molecule has 0 unspecified atom stereocenters. The Bertz CT molecular complexity index is 591. The van der Waals surface area contributed by atoms with Crippen LogP contribution in [-0.4, -0.2) is 49.7 Å². The van der Waals surface area contributed by atoms with Gasteiger partial charge in [-0.15, -0.1) is 0 Å². The van der Waals surface area contributed by atoms with E-state index >= 15 is 0 Å². The summed E-state index contributed by atoms with van der Waals surface area (Å²) >= 11 is 0. The van der Waals surface area contributed by atoms with Gasteiger partial charge in [-0.2, -0.15) is 0 Å². The number of amides is 1. The van der Waals surface area contributed by atoms with Crippen LogP contribution in [-0.2, 0) is 9.53 Å². The van der Waals surface area contributed by atoms with Crippen LogP contribution < -0.4 is 9.47 Å². The molecule has 1 aliphatic rings. The van der Waals surface area contributed by atoms with Crippen molar-refractivity contribution in [2.75, 3.05) is 20.8 Å². The Morgan fingerprint density at radius 1 is 1.17 bits per heavy atom. The molecule has 0 bridgehead atoms. The number of likely N-dealkylation sites (tertiary alicyclic amines) is 1. The average molecular weight is 335 g/mol. The third kappa shape index (κ3) is 3.99. The number of rotatable bonds is 5. The highest BCUT2D eigenvalue weighted by Crippen LogP contribution is 2.27. The van der Waals surface area contributed by atoms with Gasteiger partial charge in [0.1, 0.15) is 17.1 Å². The van der Waals surface area contributed by atoms with E-state index in [1.165, 1.54) is 14.2 Å². The largest absolute Gasteiger partial charge is 0.497 e. The van der Waals surface area contributed by atoms with Crippen LogP contribution in [0.1, 0.15) is 43.5 Å². The van der Waals surface area contributed by atoms with Gasteiger partial charge in [0.15, 0.2) is 6.61 Å². The van der Waals surface area contributed by atoms with Crippen LogP contribution in [0.2, 0.25) is 0 Å². The second-order valence-electron chi connectivity index (χ2n) is 6.07. The first kappa shape index (κ1) is 18.1. The third-order valence-corrected chi connectivity index (χ3v) is 4.43. The molecule has 1 saturated heterocycles. The van der Waals surface area contributed by atoms with E-state index in [4.69, 9.17) is 14.2 Å². The number of nitrogens with zero attached hydrogens (tertiary/aromatic N) is 1. The monoisotopic (exact) mass is 335 g/mol. The lowest BCUT2D eigenvalue weighted by Crippen LogP contribution is -2.49. The summed E-state index contributed by atoms with van der Waals surface area (Å²) in [7, 11) is 2.83. The topological polar surface area (TPSA) is 65.1 Å². The van der Waals surface area contributed by atoms with Crippen molar-refractivity contribution in [3.63, 3.8) is 0 Å². The minimum absolute atomic E-state index is 0.0756. The number of benzene rings is 1. The molecular formula is C18H25NO5. The van der Waals surface area contributed by atoms with Crippen molar-refractivity contribution in [3.8, 4) is 11.5 Å². The molecule has 24 heavy (non-hydrogen) atoms. The molecule has 0 radical (unpaired) electrons. The van der Waals surface area contributed by atoms with Gasteiger partial charge >= 0.3 is 5.97 Å². The fourth-order valence-electron chi connectivity index (χ4n) is 3.15. The molecule has 0 saturated carbocycles. The van der Waals surface area contributed by atoms with Crippen LogP contribution >= 0.6 is 0 Å². The maximum Gasteiger partial charge on any atom is 0.341 e. The first-order valence-corrected chi connectivity index (χ1v) is 8.18. The molecule has 2 rings (SSSR count). The number of carbonyl (C=O) groups is 2. The molecule has 1 aliphatic heterocycles. The van der Waals surface area contributed by atoms with Crippen molar-refractivity contribution in [3.05, 3.63) is 23.8 Å². The summed E-state index contributed by atoms with van der Waals surface area (Å²) in [5.41, 5.74) is 0.269. The molecule has 0 N–H and O–H groups in total. The lowest BCUT2D eigenvalue weighted by molar-refractivity contribution is -0.139. The summed E-state index contributed by atoms with van der Waals surface area (Å²) in [5.74, 6) is 0.241. The Morgan fingerprint density at radius 3 is 2.42 bits per heavy atom. The lowest BCUT2D eigenvalue weighted by Gasteiger charge is -2.39. The van der Waals surface area contributed by atoms with Crippen LogP contribution in [0.3, 0.4) is 0 Å². The van der Waals surface area contributed by atoms with Crippen molar-refractivity contribution in [2.45, 2.75) is 45.2 Å². The molecule has 0 spiro atoms. The van der Waals surface area contributed by atoms with E-state index in [9.17, 15) is 9.59 Å². The lowest BCUT2D eigenvalue weighted by atomic mass is 9.97. The summed E-state index contributed by atoms with van der Waals surface area (Å²) in [6.45, 7) is 3.99. The molecule has 6 heteroatoms. The molecule has 1 aromatic rings. The average Bonchev–Trinajstić information content (AvgIpc) is 2.58. The highest BCUT2D eigenvalue weighted by Gasteiger charge is 2.29. The zero-order chi connectivity index (χ0) is 17.7. The number of methoxy groups -OCH3 is 2. The van der Waals surface area contributed by atoms with Crippen LogP contribution in [0.15, 0.2) is 18.2 Å². The summed E-state index contributed by atoms with van der Waals surface area (Å²) < 4.78 is 15.5. The number of hydrogen-bond acceptors (Lipinski definition) is 5. The quantitative estimate of drug-likeness (QED) is 0.774. The van der Waals surface area contributed by atoms with E-state index in [0.29, 0.717) is 5.75 Å². The van der Waals surface area contributed by atoms with E-state index < -0.39 is 5.97 Å². The van der Waals surface area contributed by atoms with Crippen molar-refractivity contribution >= 4 is 11.9 Å². The fraction of sp³-hybridized carbons (Fsp3) is 0.556. The number of esters is 1.